The summed E-state index contributed by atoms with van der Waals surface area (Å²) in [5.41, 5.74) is 2.31. The van der Waals surface area contributed by atoms with Crippen molar-refractivity contribution >= 4 is 16.6 Å². The van der Waals surface area contributed by atoms with Crippen molar-refractivity contribution in [1.82, 2.24) is 4.98 Å². The quantitative estimate of drug-likeness (QED) is 0.716. The average Bonchev–Trinajstić information content (AvgIpc) is 2.27. The van der Waals surface area contributed by atoms with E-state index in [0.717, 1.165) is 12.1 Å². The number of aromatic nitrogens is 1. The number of pyridine rings is 1. The molecule has 0 aliphatic carbocycles. The Kier molecular flexibility index (Phi) is 2.35. The molecule has 0 bridgehead atoms. The Balaban J connectivity index is 2.65. The maximum Gasteiger partial charge on any atom is 0.0722 e. The second-order valence-electron chi connectivity index (χ2n) is 3.36. The number of fused-ring (bicyclic) bond motifs is 1. The summed E-state index contributed by atoms with van der Waals surface area (Å²) in [7, 11) is 2.10. The first-order valence-corrected chi connectivity index (χ1v) is 4.88. The standard InChI is InChI=1S/C12H14N2/c1-3-14(2)12-8-4-7-11-10(12)6-5-9-13-11/h4-9H,3H2,1-2H3. The molecule has 2 aromatic rings. The molecule has 0 fully saturated rings. The van der Waals surface area contributed by atoms with E-state index in [1.54, 1.807) is 0 Å². The van der Waals surface area contributed by atoms with E-state index in [2.05, 4.69) is 42.1 Å². The molecule has 2 rings (SSSR count). The second-order valence-corrected chi connectivity index (χ2v) is 3.36. The zero-order chi connectivity index (χ0) is 9.97. The monoisotopic (exact) mass is 186 g/mol. The highest BCUT2D eigenvalue weighted by Gasteiger charge is 2.03. The van der Waals surface area contributed by atoms with E-state index in [0.29, 0.717) is 0 Å². The van der Waals surface area contributed by atoms with Gasteiger partial charge in [-0.1, -0.05) is 6.07 Å². The molecular formula is C12H14N2. The molecule has 2 nitrogen and oxygen atoms in total. The van der Waals surface area contributed by atoms with Crippen LogP contribution >= 0.6 is 0 Å². The fraction of sp³-hybridized carbons (Fsp3) is 0.250. The molecule has 2 heteroatoms. The number of benzene rings is 1. The van der Waals surface area contributed by atoms with Crippen molar-refractivity contribution in [3.05, 3.63) is 36.5 Å². The highest BCUT2D eigenvalue weighted by molar-refractivity contribution is 5.91. The Morgan fingerprint density at radius 1 is 1.21 bits per heavy atom. The molecule has 1 heterocycles. The number of nitrogens with zero attached hydrogens (tertiary/aromatic N) is 2. The molecule has 14 heavy (non-hydrogen) atoms. The van der Waals surface area contributed by atoms with Crippen molar-refractivity contribution in [3.63, 3.8) is 0 Å². The first-order valence-electron chi connectivity index (χ1n) is 4.88. The number of hydrogen-bond donors (Lipinski definition) is 0. The summed E-state index contributed by atoms with van der Waals surface area (Å²) in [6.07, 6.45) is 1.83. The summed E-state index contributed by atoms with van der Waals surface area (Å²) >= 11 is 0. The topological polar surface area (TPSA) is 16.1 Å². The molecule has 0 atom stereocenters. The van der Waals surface area contributed by atoms with Crippen LogP contribution < -0.4 is 4.90 Å². The van der Waals surface area contributed by atoms with Gasteiger partial charge in [0.1, 0.15) is 0 Å². The van der Waals surface area contributed by atoms with Gasteiger partial charge < -0.3 is 4.90 Å². The van der Waals surface area contributed by atoms with Gasteiger partial charge in [-0.2, -0.15) is 0 Å². The molecule has 0 N–H and O–H groups in total. The zero-order valence-electron chi connectivity index (χ0n) is 8.57. The van der Waals surface area contributed by atoms with Gasteiger partial charge in [0.2, 0.25) is 0 Å². The van der Waals surface area contributed by atoms with Crippen LogP contribution in [-0.4, -0.2) is 18.6 Å². The zero-order valence-corrected chi connectivity index (χ0v) is 8.57. The van der Waals surface area contributed by atoms with Crippen LogP contribution in [0.15, 0.2) is 36.5 Å². The molecular weight excluding hydrogens is 172 g/mol. The number of rotatable bonds is 2. The molecule has 0 aliphatic rings. The lowest BCUT2D eigenvalue weighted by Crippen LogP contribution is -2.15. The summed E-state index contributed by atoms with van der Waals surface area (Å²) in [4.78, 5) is 6.56. The van der Waals surface area contributed by atoms with Gasteiger partial charge in [0, 0.05) is 30.9 Å². The van der Waals surface area contributed by atoms with E-state index in [1.807, 2.05) is 18.3 Å². The van der Waals surface area contributed by atoms with Crippen molar-refractivity contribution in [2.75, 3.05) is 18.5 Å². The van der Waals surface area contributed by atoms with E-state index in [4.69, 9.17) is 0 Å². The minimum absolute atomic E-state index is 1.01. The van der Waals surface area contributed by atoms with Crippen LogP contribution in [0, 0.1) is 0 Å². The van der Waals surface area contributed by atoms with E-state index in [1.165, 1.54) is 11.1 Å². The van der Waals surface area contributed by atoms with Gasteiger partial charge in [0.15, 0.2) is 0 Å². The highest BCUT2D eigenvalue weighted by atomic mass is 15.1. The third-order valence-corrected chi connectivity index (χ3v) is 2.51. The first-order chi connectivity index (χ1) is 6.83. The average molecular weight is 186 g/mol. The molecule has 72 valence electrons. The van der Waals surface area contributed by atoms with Gasteiger partial charge >= 0.3 is 0 Å². The van der Waals surface area contributed by atoms with Gasteiger partial charge in [0.25, 0.3) is 0 Å². The van der Waals surface area contributed by atoms with Gasteiger partial charge in [-0.05, 0) is 31.2 Å². The largest absolute Gasteiger partial charge is 0.374 e. The highest BCUT2D eigenvalue weighted by Crippen LogP contribution is 2.23. The summed E-state index contributed by atoms with van der Waals surface area (Å²) in [5.74, 6) is 0. The van der Waals surface area contributed by atoms with E-state index in [9.17, 15) is 0 Å². The van der Waals surface area contributed by atoms with Crippen LogP contribution in [0.4, 0.5) is 5.69 Å². The van der Waals surface area contributed by atoms with Crippen LogP contribution in [0.1, 0.15) is 6.92 Å². The number of hydrogen-bond acceptors (Lipinski definition) is 2. The normalized spacial score (nSPS) is 10.4. The van der Waals surface area contributed by atoms with Gasteiger partial charge in [-0.25, -0.2) is 0 Å². The lowest BCUT2D eigenvalue weighted by atomic mass is 10.1. The predicted octanol–water partition coefficient (Wildman–Crippen LogP) is 2.69. The number of anilines is 1. The Morgan fingerprint density at radius 2 is 2.07 bits per heavy atom. The van der Waals surface area contributed by atoms with Gasteiger partial charge in [-0.3, -0.25) is 4.98 Å². The maximum atomic E-state index is 4.33. The molecule has 0 unspecified atom stereocenters. The Morgan fingerprint density at radius 3 is 2.86 bits per heavy atom. The fourth-order valence-corrected chi connectivity index (χ4v) is 1.59. The molecule has 1 aromatic carbocycles. The molecule has 0 saturated carbocycles. The molecule has 0 spiro atoms. The first kappa shape index (κ1) is 9.00. The predicted molar refractivity (Wildman–Crippen MR) is 60.7 cm³/mol. The van der Waals surface area contributed by atoms with Crippen LogP contribution in [-0.2, 0) is 0 Å². The van der Waals surface area contributed by atoms with E-state index in [-0.39, 0.29) is 0 Å². The molecule has 0 radical (unpaired) electrons. The van der Waals surface area contributed by atoms with Crippen LogP contribution in [0.5, 0.6) is 0 Å². The van der Waals surface area contributed by atoms with Crippen LogP contribution in [0.25, 0.3) is 10.9 Å². The van der Waals surface area contributed by atoms with Crippen LogP contribution in [0.2, 0.25) is 0 Å². The van der Waals surface area contributed by atoms with Crippen molar-refractivity contribution in [1.29, 1.82) is 0 Å². The molecule has 0 saturated heterocycles. The molecule has 1 aromatic heterocycles. The summed E-state index contributed by atoms with van der Waals surface area (Å²) < 4.78 is 0. The minimum atomic E-state index is 1.01. The minimum Gasteiger partial charge on any atom is -0.374 e. The lowest BCUT2D eigenvalue weighted by molar-refractivity contribution is 0.973. The van der Waals surface area contributed by atoms with Gasteiger partial charge in [0.05, 0.1) is 5.52 Å². The maximum absolute atomic E-state index is 4.33. The third kappa shape index (κ3) is 1.43. The van der Waals surface area contributed by atoms with E-state index >= 15 is 0 Å². The third-order valence-electron chi connectivity index (χ3n) is 2.51. The van der Waals surface area contributed by atoms with Crippen LogP contribution in [0.3, 0.4) is 0 Å². The fourth-order valence-electron chi connectivity index (χ4n) is 1.59. The summed E-state index contributed by atoms with van der Waals surface area (Å²) in [6.45, 7) is 3.16. The Hall–Kier alpha value is -1.57. The SMILES string of the molecule is CCN(C)c1cccc2ncccc12. The summed E-state index contributed by atoms with van der Waals surface area (Å²) in [5, 5.41) is 1.22. The van der Waals surface area contributed by atoms with Gasteiger partial charge in [-0.15, -0.1) is 0 Å². The summed E-state index contributed by atoms with van der Waals surface area (Å²) in [6, 6.07) is 10.3. The van der Waals surface area contributed by atoms with E-state index < -0.39 is 0 Å². The second kappa shape index (κ2) is 3.66. The Bertz CT molecular complexity index is 432. The van der Waals surface area contributed by atoms with Crippen molar-refractivity contribution in [2.45, 2.75) is 6.92 Å². The molecule has 0 amide bonds. The smallest absolute Gasteiger partial charge is 0.0722 e. The van der Waals surface area contributed by atoms with Crippen molar-refractivity contribution < 1.29 is 0 Å². The molecule has 0 aliphatic heterocycles. The van der Waals surface area contributed by atoms with Crippen molar-refractivity contribution in [2.24, 2.45) is 0 Å². The Labute approximate surface area is 84.2 Å². The van der Waals surface area contributed by atoms with Crippen molar-refractivity contribution in [3.8, 4) is 0 Å². The lowest BCUT2D eigenvalue weighted by Gasteiger charge is -2.18.